The van der Waals surface area contributed by atoms with Gasteiger partial charge >= 0.3 is 5.97 Å². The molecule has 0 bridgehead atoms. The van der Waals surface area contributed by atoms with E-state index in [1.165, 1.54) is 0 Å². The Bertz CT molecular complexity index is 1050. The summed E-state index contributed by atoms with van der Waals surface area (Å²) in [5.74, 6) is -0.745. The first-order valence-corrected chi connectivity index (χ1v) is 9.68. The summed E-state index contributed by atoms with van der Waals surface area (Å²) >= 11 is 0. The second kappa shape index (κ2) is 13.7. The number of halogens is 1. The maximum absolute atomic E-state index is 11.1. The number of rotatable bonds is 9. The molecule has 1 aromatic rings. The number of carboxylic acid groups (broad SMARTS) is 1. The minimum Gasteiger partial charge on any atom is -1.00 e. The fraction of sp³-hybridized carbons (Fsp3) is 0.208. The molecule has 8 heteroatoms. The molecule has 1 N–H and O–H groups in total. The van der Waals surface area contributed by atoms with E-state index in [1.807, 2.05) is 29.5 Å². The van der Waals surface area contributed by atoms with E-state index in [0.717, 1.165) is 5.57 Å². The number of aliphatic carboxylic acids is 1. The van der Waals surface area contributed by atoms with Gasteiger partial charge in [0, 0.05) is 43.1 Å². The first kappa shape index (κ1) is 26.5. The zero-order valence-corrected chi connectivity index (χ0v) is 19.8. The average molecular weight is 542 g/mol. The van der Waals surface area contributed by atoms with Crippen LogP contribution in [0, 0.1) is 22.7 Å². The van der Waals surface area contributed by atoms with Crippen molar-refractivity contribution in [2.75, 3.05) is 6.54 Å². The monoisotopic (exact) mass is 542 g/mol. The number of nitrogens with zero attached hydrogens (tertiary/aromatic N) is 4. The van der Waals surface area contributed by atoms with Gasteiger partial charge in [0.05, 0.1) is 23.3 Å². The Balaban J connectivity index is 0.00000512. The molecule has 1 aliphatic rings. The van der Waals surface area contributed by atoms with Crippen molar-refractivity contribution in [1.82, 2.24) is 4.90 Å². The molecule has 0 unspecified atom stereocenters. The van der Waals surface area contributed by atoms with Crippen LogP contribution in [0.15, 0.2) is 78.5 Å². The van der Waals surface area contributed by atoms with Crippen LogP contribution in [0.5, 0.6) is 0 Å². The Labute approximate surface area is 204 Å². The lowest BCUT2D eigenvalue weighted by Gasteiger charge is -2.18. The lowest BCUT2D eigenvalue weighted by atomic mass is 10.1. The number of pyridine rings is 1. The third kappa shape index (κ3) is 8.70. The van der Waals surface area contributed by atoms with Gasteiger partial charge in [-0.3, -0.25) is 9.59 Å². The van der Waals surface area contributed by atoms with Gasteiger partial charge < -0.3 is 34.0 Å². The fourth-order valence-corrected chi connectivity index (χ4v) is 2.72. The molecule has 0 fully saturated rings. The second-order valence-electron chi connectivity index (χ2n) is 6.82. The number of Topliss-reactive ketones (excluding diaryl/α,β-unsaturated/α-hetero) is 1. The van der Waals surface area contributed by atoms with E-state index in [-0.39, 0.29) is 36.2 Å². The van der Waals surface area contributed by atoms with Crippen molar-refractivity contribution >= 4 is 17.3 Å². The third-order valence-electron chi connectivity index (χ3n) is 4.48. The van der Waals surface area contributed by atoms with E-state index in [2.05, 4.69) is 12.1 Å². The summed E-state index contributed by atoms with van der Waals surface area (Å²) in [6.07, 6.45) is 16.1. The van der Waals surface area contributed by atoms with Crippen molar-refractivity contribution < 1.29 is 43.2 Å². The van der Waals surface area contributed by atoms with E-state index in [1.54, 1.807) is 54.2 Å². The first-order chi connectivity index (χ1) is 14.9. The fourth-order valence-electron chi connectivity index (χ4n) is 2.72. The van der Waals surface area contributed by atoms with Gasteiger partial charge in [-0.2, -0.15) is 10.5 Å². The van der Waals surface area contributed by atoms with Gasteiger partial charge in [0.15, 0.2) is 18.9 Å². The van der Waals surface area contributed by atoms with Crippen LogP contribution in [0.2, 0.25) is 0 Å². The molecule has 0 aromatic carbocycles. The number of ketones is 1. The Morgan fingerprint density at radius 1 is 1.12 bits per heavy atom. The number of aryl methyl sites for hydroxylation is 1. The van der Waals surface area contributed by atoms with Crippen LogP contribution in [0.4, 0.5) is 0 Å². The quantitative estimate of drug-likeness (QED) is 0.205. The summed E-state index contributed by atoms with van der Waals surface area (Å²) in [6.45, 7) is 2.50. The van der Waals surface area contributed by atoms with Crippen molar-refractivity contribution in [1.29, 1.82) is 10.5 Å². The number of hydrogen-bond donors (Lipinski definition) is 1. The van der Waals surface area contributed by atoms with E-state index in [4.69, 9.17) is 5.11 Å². The SMILES string of the molecule is CC(=O)CCN1C=CC(=C(C#N)/C=C/C=C(\C#N)c2cc[n+](CCC(=O)O)cc2)C=C1.[I-]. The molecule has 0 spiro atoms. The predicted octanol–water partition coefficient (Wildman–Crippen LogP) is 0.0583. The van der Waals surface area contributed by atoms with Crippen molar-refractivity contribution in [2.45, 2.75) is 26.3 Å². The summed E-state index contributed by atoms with van der Waals surface area (Å²) in [4.78, 5) is 23.6. The van der Waals surface area contributed by atoms with Crippen molar-refractivity contribution in [3.63, 3.8) is 0 Å². The topological polar surface area (TPSA) is 109 Å². The molecule has 1 aromatic heterocycles. The second-order valence-corrected chi connectivity index (χ2v) is 6.82. The van der Waals surface area contributed by atoms with Gasteiger partial charge in [-0.05, 0) is 36.8 Å². The van der Waals surface area contributed by atoms with Crippen LogP contribution in [0.1, 0.15) is 25.3 Å². The number of allylic oxidation sites excluding steroid dienone is 8. The Morgan fingerprint density at radius 2 is 1.78 bits per heavy atom. The highest BCUT2D eigenvalue weighted by molar-refractivity contribution is 5.77. The lowest BCUT2D eigenvalue weighted by molar-refractivity contribution is -0.696. The summed E-state index contributed by atoms with van der Waals surface area (Å²) in [5.41, 5.74) is 2.31. The summed E-state index contributed by atoms with van der Waals surface area (Å²) in [5, 5.41) is 27.7. The molecular weight excluding hydrogens is 519 g/mol. The molecule has 1 aliphatic heterocycles. The molecule has 2 heterocycles. The normalized spacial score (nSPS) is 12.8. The van der Waals surface area contributed by atoms with Crippen molar-refractivity contribution in [3.05, 3.63) is 84.0 Å². The molecule has 0 aliphatic carbocycles. The van der Waals surface area contributed by atoms with E-state index < -0.39 is 5.97 Å². The Kier molecular flexibility index (Phi) is 11.4. The number of aromatic nitrogens is 1. The number of carbonyl (C=O) groups excluding carboxylic acids is 1. The molecule has 164 valence electrons. The van der Waals surface area contributed by atoms with Gasteiger partial charge in [0.25, 0.3) is 0 Å². The molecular formula is C24H23IN4O3. The molecule has 0 radical (unpaired) electrons. The predicted molar refractivity (Wildman–Crippen MR) is 115 cm³/mol. The molecule has 32 heavy (non-hydrogen) atoms. The summed E-state index contributed by atoms with van der Waals surface area (Å²) in [7, 11) is 0. The zero-order chi connectivity index (χ0) is 22.6. The van der Waals surface area contributed by atoms with Crippen molar-refractivity contribution in [2.24, 2.45) is 0 Å². The smallest absolute Gasteiger partial charge is 0.309 e. The standard InChI is InChI=1S/C24H22N4O3.HI/c1-19(29)5-11-27-12-6-20(7-13-27)22(17-25)3-2-4-23(18-26)21-8-14-28(15-9-21)16-10-24(30)31;/h2-4,6-9,12-15H,5,10-11,16H2,1H3;1H. The molecule has 0 saturated carbocycles. The van der Waals surface area contributed by atoms with Gasteiger partial charge in [-0.15, -0.1) is 0 Å². The van der Waals surface area contributed by atoms with E-state index in [9.17, 15) is 20.1 Å². The number of carboxylic acids is 1. The first-order valence-electron chi connectivity index (χ1n) is 9.68. The van der Waals surface area contributed by atoms with Crippen LogP contribution < -0.4 is 28.5 Å². The number of hydrogen-bond acceptors (Lipinski definition) is 5. The zero-order valence-electron chi connectivity index (χ0n) is 17.6. The minimum absolute atomic E-state index is 0. The molecule has 0 amide bonds. The van der Waals surface area contributed by atoms with Gasteiger partial charge in [-0.1, -0.05) is 6.08 Å². The van der Waals surface area contributed by atoms with Crippen LogP contribution in [0.3, 0.4) is 0 Å². The van der Waals surface area contributed by atoms with Gasteiger partial charge in [0.2, 0.25) is 0 Å². The highest BCUT2D eigenvalue weighted by Gasteiger charge is 2.08. The molecule has 0 saturated heterocycles. The maximum atomic E-state index is 11.1. The largest absolute Gasteiger partial charge is 1.00 e. The highest BCUT2D eigenvalue weighted by Crippen LogP contribution is 2.16. The average Bonchev–Trinajstić information content (AvgIpc) is 2.77. The highest BCUT2D eigenvalue weighted by atomic mass is 127. The summed E-state index contributed by atoms with van der Waals surface area (Å²) in [6, 6.07) is 7.78. The van der Waals surface area contributed by atoms with E-state index >= 15 is 0 Å². The minimum atomic E-state index is -0.867. The Hall–Kier alpha value is -3.50. The number of carbonyl (C=O) groups is 2. The summed E-state index contributed by atoms with van der Waals surface area (Å²) < 4.78 is 1.74. The van der Waals surface area contributed by atoms with Gasteiger partial charge in [-0.25, -0.2) is 4.57 Å². The molecule has 0 atom stereocenters. The van der Waals surface area contributed by atoms with Crippen LogP contribution in [-0.4, -0.2) is 28.3 Å². The van der Waals surface area contributed by atoms with Crippen LogP contribution >= 0.6 is 0 Å². The lowest BCUT2D eigenvalue weighted by Crippen LogP contribution is -3.00. The maximum Gasteiger partial charge on any atom is 0.309 e. The van der Waals surface area contributed by atoms with Crippen molar-refractivity contribution in [3.8, 4) is 12.1 Å². The number of nitriles is 2. The van der Waals surface area contributed by atoms with Crippen LogP contribution in [-0.2, 0) is 16.1 Å². The molecule has 7 nitrogen and oxygen atoms in total. The van der Waals surface area contributed by atoms with Crippen LogP contribution in [0.25, 0.3) is 5.57 Å². The van der Waals surface area contributed by atoms with E-state index in [0.29, 0.717) is 36.2 Å². The molecule has 2 rings (SSSR count). The Morgan fingerprint density at radius 3 is 2.31 bits per heavy atom. The third-order valence-corrected chi connectivity index (χ3v) is 4.48. The van der Waals surface area contributed by atoms with Gasteiger partial charge in [0.1, 0.15) is 12.2 Å².